The van der Waals surface area contributed by atoms with Crippen molar-refractivity contribution in [3.63, 3.8) is 0 Å². The van der Waals surface area contributed by atoms with Gasteiger partial charge >= 0.3 is 0 Å². The standard InChI is InChI=1S/C10H10N2O2/c11-5-7-9(13)6-3-1-2-4-8(6)12-10(7)14/h2,4,6-8H,1,3H2,(H,12,14). The fraction of sp³-hybridized carbons (Fsp3) is 0.500. The summed E-state index contributed by atoms with van der Waals surface area (Å²) in [5.74, 6) is -1.96. The normalized spacial score (nSPS) is 35.8. The van der Waals surface area contributed by atoms with Gasteiger partial charge in [0.1, 0.15) is 0 Å². The molecule has 1 N–H and O–H groups in total. The van der Waals surface area contributed by atoms with Gasteiger partial charge in [-0.3, -0.25) is 9.59 Å². The van der Waals surface area contributed by atoms with Crippen LogP contribution in [0.15, 0.2) is 12.2 Å². The lowest BCUT2D eigenvalue weighted by atomic mass is 9.78. The van der Waals surface area contributed by atoms with Crippen LogP contribution in [0.25, 0.3) is 0 Å². The average molecular weight is 190 g/mol. The molecule has 0 aromatic carbocycles. The van der Waals surface area contributed by atoms with Gasteiger partial charge in [0.15, 0.2) is 11.7 Å². The van der Waals surface area contributed by atoms with Crippen LogP contribution in [0.1, 0.15) is 12.8 Å². The minimum atomic E-state index is -1.09. The van der Waals surface area contributed by atoms with Crippen molar-refractivity contribution in [2.24, 2.45) is 11.8 Å². The first-order valence-corrected chi connectivity index (χ1v) is 4.64. The number of nitriles is 1. The van der Waals surface area contributed by atoms with Gasteiger partial charge < -0.3 is 5.32 Å². The molecule has 4 nitrogen and oxygen atoms in total. The minimum Gasteiger partial charge on any atom is -0.348 e. The van der Waals surface area contributed by atoms with Crippen molar-refractivity contribution in [3.05, 3.63) is 12.2 Å². The number of carbonyl (C=O) groups is 2. The number of Topliss-reactive ketones (excluding diaryl/α,β-unsaturated/α-hetero) is 1. The van der Waals surface area contributed by atoms with Gasteiger partial charge in [0.25, 0.3) is 0 Å². The zero-order valence-corrected chi connectivity index (χ0v) is 7.56. The summed E-state index contributed by atoms with van der Waals surface area (Å²) in [5, 5.41) is 11.4. The third kappa shape index (κ3) is 1.22. The summed E-state index contributed by atoms with van der Waals surface area (Å²) >= 11 is 0. The molecule has 72 valence electrons. The molecule has 2 rings (SSSR count). The molecular weight excluding hydrogens is 180 g/mol. The Hall–Kier alpha value is -1.63. The Balaban J connectivity index is 2.28. The van der Waals surface area contributed by atoms with Crippen LogP contribution in [-0.2, 0) is 9.59 Å². The van der Waals surface area contributed by atoms with Crippen molar-refractivity contribution >= 4 is 11.7 Å². The molecule has 1 fully saturated rings. The Morgan fingerprint density at radius 2 is 2.29 bits per heavy atom. The van der Waals surface area contributed by atoms with E-state index in [9.17, 15) is 9.59 Å². The second-order valence-corrected chi connectivity index (χ2v) is 3.61. The average Bonchev–Trinajstić information content (AvgIpc) is 2.18. The zero-order valence-electron chi connectivity index (χ0n) is 7.56. The van der Waals surface area contributed by atoms with E-state index < -0.39 is 11.8 Å². The van der Waals surface area contributed by atoms with Gasteiger partial charge in [-0.1, -0.05) is 12.2 Å². The number of fused-ring (bicyclic) bond motifs is 1. The van der Waals surface area contributed by atoms with Crippen LogP contribution >= 0.6 is 0 Å². The van der Waals surface area contributed by atoms with Gasteiger partial charge in [-0.25, -0.2) is 0 Å². The summed E-state index contributed by atoms with van der Waals surface area (Å²) in [6.07, 6.45) is 5.39. The first-order valence-electron chi connectivity index (χ1n) is 4.64. The molecule has 0 aromatic heterocycles. The Kier molecular flexibility index (Phi) is 2.08. The highest BCUT2D eigenvalue weighted by Crippen LogP contribution is 2.26. The predicted molar refractivity (Wildman–Crippen MR) is 47.9 cm³/mol. The number of hydrogen-bond acceptors (Lipinski definition) is 3. The van der Waals surface area contributed by atoms with Gasteiger partial charge in [-0.2, -0.15) is 5.26 Å². The molecule has 0 aromatic rings. The van der Waals surface area contributed by atoms with Gasteiger partial charge in [-0.05, 0) is 12.8 Å². The van der Waals surface area contributed by atoms with E-state index in [4.69, 9.17) is 5.26 Å². The summed E-state index contributed by atoms with van der Waals surface area (Å²) in [7, 11) is 0. The number of hydrogen-bond donors (Lipinski definition) is 1. The highest BCUT2D eigenvalue weighted by molar-refractivity contribution is 6.07. The first-order chi connectivity index (χ1) is 6.74. The molecule has 3 unspecified atom stereocenters. The third-order valence-corrected chi connectivity index (χ3v) is 2.77. The van der Waals surface area contributed by atoms with E-state index in [2.05, 4.69) is 5.32 Å². The molecule has 14 heavy (non-hydrogen) atoms. The second-order valence-electron chi connectivity index (χ2n) is 3.61. The van der Waals surface area contributed by atoms with Gasteiger partial charge in [0.05, 0.1) is 12.1 Å². The summed E-state index contributed by atoms with van der Waals surface area (Å²) in [5.41, 5.74) is 0. The van der Waals surface area contributed by atoms with E-state index in [0.717, 1.165) is 12.8 Å². The molecule has 1 saturated heterocycles. The summed E-state index contributed by atoms with van der Waals surface area (Å²) in [6.45, 7) is 0. The van der Waals surface area contributed by atoms with Crippen LogP contribution in [0.4, 0.5) is 0 Å². The molecule has 1 heterocycles. The van der Waals surface area contributed by atoms with Crippen molar-refractivity contribution < 1.29 is 9.59 Å². The van der Waals surface area contributed by atoms with Gasteiger partial charge in [0.2, 0.25) is 5.91 Å². The summed E-state index contributed by atoms with van der Waals surface area (Å²) in [4.78, 5) is 23.0. The second kappa shape index (κ2) is 3.26. The Morgan fingerprint density at radius 3 is 3.00 bits per heavy atom. The van der Waals surface area contributed by atoms with Crippen molar-refractivity contribution in [2.45, 2.75) is 18.9 Å². The minimum absolute atomic E-state index is 0.187. The lowest BCUT2D eigenvalue weighted by Gasteiger charge is -2.33. The Bertz CT molecular complexity index is 354. The van der Waals surface area contributed by atoms with E-state index in [1.165, 1.54) is 0 Å². The van der Waals surface area contributed by atoms with Crippen LogP contribution in [0.3, 0.4) is 0 Å². The van der Waals surface area contributed by atoms with Crippen LogP contribution < -0.4 is 5.32 Å². The zero-order chi connectivity index (χ0) is 10.1. The highest BCUT2D eigenvalue weighted by Gasteiger charge is 2.42. The number of rotatable bonds is 0. The van der Waals surface area contributed by atoms with Crippen molar-refractivity contribution in [2.75, 3.05) is 0 Å². The molecule has 0 saturated carbocycles. The SMILES string of the molecule is N#CC1C(=O)NC2C=CCCC2C1=O. The maximum absolute atomic E-state index is 11.7. The van der Waals surface area contributed by atoms with Crippen LogP contribution in [0.2, 0.25) is 0 Å². The number of nitrogens with one attached hydrogen (secondary N) is 1. The molecule has 0 spiro atoms. The molecule has 1 aliphatic heterocycles. The van der Waals surface area contributed by atoms with Crippen LogP contribution in [0, 0.1) is 23.2 Å². The van der Waals surface area contributed by atoms with Crippen molar-refractivity contribution in [1.29, 1.82) is 5.26 Å². The third-order valence-electron chi connectivity index (χ3n) is 2.77. The number of allylic oxidation sites excluding steroid dienone is 1. The van der Waals surface area contributed by atoms with Gasteiger partial charge in [0, 0.05) is 5.92 Å². The largest absolute Gasteiger partial charge is 0.348 e. The summed E-state index contributed by atoms with van der Waals surface area (Å²) in [6, 6.07) is 1.56. The molecule has 4 heteroatoms. The fourth-order valence-electron chi connectivity index (χ4n) is 2.01. The smallest absolute Gasteiger partial charge is 0.245 e. The molecule has 2 aliphatic rings. The maximum Gasteiger partial charge on any atom is 0.245 e. The predicted octanol–water partition coefficient (Wildman–Crippen LogP) is 0.160. The van der Waals surface area contributed by atoms with E-state index in [1.807, 2.05) is 12.2 Å². The molecule has 1 amide bonds. The topological polar surface area (TPSA) is 70.0 Å². The highest BCUT2D eigenvalue weighted by atomic mass is 16.2. The van der Waals surface area contributed by atoms with Crippen LogP contribution in [-0.4, -0.2) is 17.7 Å². The molecule has 0 bridgehead atoms. The fourth-order valence-corrected chi connectivity index (χ4v) is 2.01. The monoisotopic (exact) mass is 190 g/mol. The summed E-state index contributed by atoms with van der Waals surface area (Å²) < 4.78 is 0. The van der Waals surface area contributed by atoms with E-state index in [0.29, 0.717) is 0 Å². The van der Waals surface area contributed by atoms with E-state index >= 15 is 0 Å². The van der Waals surface area contributed by atoms with Gasteiger partial charge in [-0.15, -0.1) is 0 Å². The van der Waals surface area contributed by atoms with E-state index in [-0.39, 0.29) is 17.7 Å². The Morgan fingerprint density at radius 1 is 1.50 bits per heavy atom. The Labute approximate surface area is 81.6 Å². The lowest BCUT2D eigenvalue weighted by Crippen LogP contribution is -2.54. The number of carbonyl (C=O) groups excluding carboxylic acids is 2. The maximum atomic E-state index is 11.7. The van der Waals surface area contributed by atoms with E-state index in [1.54, 1.807) is 6.07 Å². The lowest BCUT2D eigenvalue weighted by molar-refractivity contribution is -0.138. The van der Waals surface area contributed by atoms with Crippen molar-refractivity contribution in [3.8, 4) is 6.07 Å². The molecule has 1 aliphatic carbocycles. The number of amides is 1. The number of ketones is 1. The quantitative estimate of drug-likeness (QED) is 0.437. The molecular formula is C10H10N2O2. The number of piperidine rings is 1. The first kappa shape index (κ1) is 8.95. The number of nitrogens with zero attached hydrogens (tertiary/aromatic N) is 1. The molecule has 0 radical (unpaired) electrons. The van der Waals surface area contributed by atoms with Crippen LogP contribution in [0.5, 0.6) is 0 Å². The molecule has 3 atom stereocenters. The van der Waals surface area contributed by atoms with Crippen molar-refractivity contribution in [1.82, 2.24) is 5.32 Å².